The number of nitrogens with zero attached hydrogens (tertiary/aromatic N) is 2. The van der Waals surface area contributed by atoms with Crippen LogP contribution >= 0.6 is 11.3 Å². The minimum absolute atomic E-state index is 0.0838. The van der Waals surface area contributed by atoms with Crippen molar-refractivity contribution in [2.75, 3.05) is 11.9 Å². The van der Waals surface area contributed by atoms with Crippen molar-refractivity contribution < 1.29 is 9.32 Å². The van der Waals surface area contributed by atoms with E-state index < -0.39 is 0 Å². The van der Waals surface area contributed by atoms with Crippen LogP contribution in [0.5, 0.6) is 0 Å². The first kappa shape index (κ1) is 12.3. The topological polar surface area (TPSA) is 94.0 Å². The second-order valence-corrected chi connectivity index (χ2v) is 4.35. The number of nitrogens with one attached hydrogen (secondary N) is 1. The van der Waals surface area contributed by atoms with E-state index in [9.17, 15) is 4.79 Å². The fourth-order valence-electron chi connectivity index (χ4n) is 1.17. The number of aryl methyl sites for hydroxylation is 1. The van der Waals surface area contributed by atoms with Crippen molar-refractivity contribution in [2.45, 2.75) is 6.92 Å². The van der Waals surface area contributed by atoms with Gasteiger partial charge < -0.3 is 10.3 Å². The van der Waals surface area contributed by atoms with E-state index in [1.165, 1.54) is 11.3 Å². The molecule has 0 fully saturated rings. The lowest BCUT2D eigenvalue weighted by Crippen LogP contribution is -2.10. The van der Waals surface area contributed by atoms with E-state index in [0.717, 1.165) is 4.88 Å². The van der Waals surface area contributed by atoms with Gasteiger partial charge in [-0.3, -0.25) is 10.1 Å². The molecule has 6 nitrogen and oxygen atoms in total. The van der Waals surface area contributed by atoms with Gasteiger partial charge in [0.15, 0.2) is 5.82 Å². The second-order valence-electron chi connectivity index (χ2n) is 3.27. The van der Waals surface area contributed by atoms with Crippen molar-refractivity contribution in [1.82, 2.24) is 10.1 Å². The van der Waals surface area contributed by atoms with Gasteiger partial charge in [-0.25, -0.2) is 0 Å². The minimum Gasteiger partial charge on any atom is -0.320 e. The maximum Gasteiger partial charge on any atom is 0.328 e. The molecular formula is C11H10N4O2S. The molecule has 0 aliphatic rings. The average Bonchev–Trinajstić information content (AvgIpc) is 2.96. The molecular weight excluding hydrogens is 252 g/mol. The Morgan fingerprint density at radius 1 is 1.61 bits per heavy atom. The Morgan fingerprint density at radius 3 is 3.11 bits per heavy atom. The minimum atomic E-state index is -0.301. The molecule has 0 saturated carbocycles. The first-order valence-corrected chi connectivity index (χ1v) is 5.91. The highest BCUT2D eigenvalue weighted by atomic mass is 32.1. The highest BCUT2D eigenvalue weighted by Gasteiger charge is 2.12. The lowest BCUT2D eigenvalue weighted by atomic mass is 10.4. The Hall–Kier alpha value is -2.17. The molecule has 0 bridgehead atoms. The molecule has 0 atom stereocenters. The quantitative estimate of drug-likeness (QED) is 0.787. The van der Waals surface area contributed by atoms with Crippen molar-refractivity contribution in [3.8, 4) is 11.8 Å². The first-order chi connectivity index (χ1) is 8.69. The molecule has 7 heteroatoms. The van der Waals surface area contributed by atoms with Crippen molar-refractivity contribution >= 4 is 23.3 Å². The maximum atomic E-state index is 11.8. The van der Waals surface area contributed by atoms with Crippen LogP contribution in [0.2, 0.25) is 0 Å². The Kier molecular flexibility index (Phi) is 3.72. The molecule has 1 amide bonds. The van der Waals surface area contributed by atoms with Gasteiger partial charge in [0, 0.05) is 0 Å². The highest BCUT2D eigenvalue weighted by Crippen LogP contribution is 2.16. The van der Waals surface area contributed by atoms with E-state index in [-0.39, 0.29) is 11.9 Å². The summed E-state index contributed by atoms with van der Waals surface area (Å²) in [6, 6.07) is 3.53. The summed E-state index contributed by atoms with van der Waals surface area (Å²) in [6.07, 6.45) is 0. The zero-order valence-electron chi connectivity index (χ0n) is 9.56. The maximum absolute atomic E-state index is 11.8. The van der Waals surface area contributed by atoms with Crippen LogP contribution in [-0.2, 0) is 0 Å². The van der Waals surface area contributed by atoms with Crippen LogP contribution < -0.4 is 11.1 Å². The van der Waals surface area contributed by atoms with Gasteiger partial charge in [0.25, 0.3) is 5.91 Å². The first-order valence-electron chi connectivity index (χ1n) is 5.09. The molecule has 0 spiro atoms. The average molecular weight is 262 g/mol. The number of hydrogen-bond acceptors (Lipinski definition) is 6. The SMILES string of the molecule is Cc1noc(NC(=O)c2ccc(C#CCN)s2)n1. The van der Waals surface area contributed by atoms with Crippen LogP contribution in [0.3, 0.4) is 0 Å². The zero-order chi connectivity index (χ0) is 13.0. The second kappa shape index (κ2) is 5.44. The van der Waals surface area contributed by atoms with Crippen LogP contribution in [0.1, 0.15) is 20.4 Å². The number of thiophene rings is 1. The van der Waals surface area contributed by atoms with Crippen LogP contribution in [0.4, 0.5) is 6.01 Å². The number of aromatic nitrogens is 2. The van der Waals surface area contributed by atoms with Gasteiger partial charge in [0.05, 0.1) is 16.3 Å². The molecule has 2 aromatic heterocycles. The van der Waals surface area contributed by atoms with Gasteiger partial charge >= 0.3 is 6.01 Å². The van der Waals surface area contributed by atoms with Gasteiger partial charge in [0.2, 0.25) is 0 Å². The molecule has 0 aromatic carbocycles. The third-order valence-electron chi connectivity index (χ3n) is 1.89. The number of anilines is 1. The van der Waals surface area contributed by atoms with Crippen molar-refractivity contribution in [3.63, 3.8) is 0 Å². The molecule has 92 valence electrons. The van der Waals surface area contributed by atoms with E-state index in [2.05, 4.69) is 27.3 Å². The fourth-order valence-corrected chi connectivity index (χ4v) is 1.95. The standard InChI is InChI=1S/C11H10N4O2S/c1-7-13-11(17-15-7)14-10(16)9-5-4-8(18-9)3-2-6-12/h4-5H,6,12H2,1H3,(H,13,14,15,16). The number of carbonyl (C=O) groups is 1. The molecule has 2 rings (SSSR count). The fraction of sp³-hybridized carbons (Fsp3) is 0.182. The summed E-state index contributed by atoms with van der Waals surface area (Å²) in [5.41, 5.74) is 5.27. The van der Waals surface area contributed by atoms with E-state index in [4.69, 9.17) is 10.3 Å². The molecule has 3 N–H and O–H groups in total. The van der Waals surface area contributed by atoms with Crippen LogP contribution in [0.15, 0.2) is 16.7 Å². The molecule has 18 heavy (non-hydrogen) atoms. The Morgan fingerprint density at radius 2 is 2.44 bits per heavy atom. The summed E-state index contributed by atoms with van der Waals surface area (Å²) in [7, 11) is 0. The van der Waals surface area contributed by atoms with Crippen molar-refractivity contribution in [3.05, 3.63) is 27.7 Å². The van der Waals surface area contributed by atoms with Gasteiger partial charge in [-0.05, 0) is 19.1 Å². The lowest BCUT2D eigenvalue weighted by Gasteiger charge is -1.94. The van der Waals surface area contributed by atoms with Crippen molar-refractivity contribution in [2.24, 2.45) is 5.73 Å². The van der Waals surface area contributed by atoms with Gasteiger partial charge in [-0.1, -0.05) is 17.0 Å². The summed E-state index contributed by atoms with van der Waals surface area (Å²) in [5.74, 6) is 5.75. The van der Waals surface area contributed by atoms with E-state index >= 15 is 0 Å². The Balaban J connectivity index is 2.07. The van der Waals surface area contributed by atoms with Gasteiger partial charge in [-0.15, -0.1) is 11.3 Å². The van der Waals surface area contributed by atoms with Crippen molar-refractivity contribution in [1.29, 1.82) is 0 Å². The molecule has 0 aliphatic carbocycles. The molecule has 0 saturated heterocycles. The number of hydrogen-bond donors (Lipinski definition) is 2. The largest absolute Gasteiger partial charge is 0.328 e. The van der Waals surface area contributed by atoms with Gasteiger partial charge in [0.1, 0.15) is 0 Å². The van der Waals surface area contributed by atoms with E-state index in [1.54, 1.807) is 19.1 Å². The molecule has 2 aromatic rings. The predicted molar refractivity (Wildman–Crippen MR) is 67.2 cm³/mol. The van der Waals surface area contributed by atoms with E-state index in [0.29, 0.717) is 17.2 Å². The summed E-state index contributed by atoms with van der Waals surface area (Å²) in [5, 5.41) is 6.08. The van der Waals surface area contributed by atoms with Gasteiger partial charge in [-0.2, -0.15) is 4.98 Å². The van der Waals surface area contributed by atoms with E-state index in [1.807, 2.05) is 0 Å². The molecule has 0 radical (unpaired) electrons. The lowest BCUT2D eigenvalue weighted by molar-refractivity contribution is 0.102. The monoisotopic (exact) mass is 262 g/mol. The number of rotatable bonds is 2. The molecule has 2 heterocycles. The number of amides is 1. The summed E-state index contributed by atoms with van der Waals surface area (Å²) < 4.78 is 4.80. The Bertz CT molecular complexity index is 620. The smallest absolute Gasteiger partial charge is 0.320 e. The third-order valence-corrected chi connectivity index (χ3v) is 2.89. The highest BCUT2D eigenvalue weighted by molar-refractivity contribution is 7.14. The number of nitrogens with two attached hydrogens (primary N) is 1. The summed E-state index contributed by atoms with van der Waals surface area (Å²) in [6.45, 7) is 1.96. The van der Waals surface area contributed by atoms with Crippen LogP contribution in [0, 0.1) is 18.8 Å². The molecule has 0 aliphatic heterocycles. The summed E-state index contributed by atoms with van der Waals surface area (Å²) >= 11 is 1.28. The zero-order valence-corrected chi connectivity index (χ0v) is 10.4. The third kappa shape index (κ3) is 2.94. The van der Waals surface area contributed by atoms with Crippen LogP contribution in [0.25, 0.3) is 0 Å². The molecule has 0 unspecified atom stereocenters. The Labute approximate surface area is 107 Å². The number of carbonyl (C=O) groups excluding carboxylic acids is 1. The summed E-state index contributed by atoms with van der Waals surface area (Å²) in [4.78, 5) is 17.0. The van der Waals surface area contributed by atoms with Crippen LogP contribution in [-0.4, -0.2) is 22.6 Å². The normalized spacial score (nSPS) is 9.67. The predicted octanol–water partition coefficient (Wildman–Crippen LogP) is 1.00.